The summed E-state index contributed by atoms with van der Waals surface area (Å²) in [4.78, 5) is 13.8. The van der Waals surface area contributed by atoms with Crippen molar-refractivity contribution in [1.82, 2.24) is 14.9 Å². The molecule has 5 nitrogen and oxygen atoms in total. The van der Waals surface area contributed by atoms with Gasteiger partial charge in [-0.3, -0.25) is 4.90 Å². The second-order valence-electron chi connectivity index (χ2n) is 7.56. The minimum Gasteiger partial charge on any atom is -0.377 e. The normalized spacial score (nSPS) is 23.0. The van der Waals surface area contributed by atoms with Crippen LogP contribution < -0.4 is 4.90 Å². The Kier molecular flexibility index (Phi) is 4.32. The van der Waals surface area contributed by atoms with Gasteiger partial charge in [0.15, 0.2) is 0 Å². The summed E-state index contributed by atoms with van der Waals surface area (Å²) in [7, 11) is 0. The number of rotatable bonds is 2. The molecule has 1 atom stereocenters. The van der Waals surface area contributed by atoms with Gasteiger partial charge in [0.2, 0.25) is 5.28 Å². The van der Waals surface area contributed by atoms with Crippen molar-refractivity contribution in [1.29, 1.82) is 0 Å². The summed E-state index contributed by atoms with van der Waals surface area (Å²) in [6.45, 7) is 14.1. The Bertz CT molecular complexity index is 558. The van der Waals surface area contributed by atoms with Gasteiger partial charge in [-0.1, -0.05) is 20.8 Å². The molecule has 0 aliphatic carbocycles. The number of nitrogens with zero attached hydrogens (tertiary/aromatic N) is 4. The maximum absolute atomic E-state index is 6.18. The van der Waals surface area contributed by atoms with Crippen LogP contribution in [0.3, 0.4) is 0 Å². The van der Waals surface area contributed by atoms with Crippen molar-refractivity contribution in [3.8, 4) is 0 Å². The lowest BCUT2D eigenvalue weighted by Gasteiger charge is -2.35. The highest BCUT2D eigenvalue weighted by Crippen LogP contribution is 2.33. The van der Waals surface area contributed by atoms with E-state index < -0.39 is 0 Å². The van der Waals surface area contributed by atoms with Gasteiger partial charge in [0.1, 0.15) is 5.82 Å². The molecule has 0 saturated carbocycles. The third-order valence-electron chi connectivity index (χ3n) is 4.14. The van der Waals surface area contributed by atoms with E-state index >= 15 is 0 Å². The second kappa shape index (κ2) is 5.95. The zero-order valence-electron chi connectivity index (χ0n) is 13.9. The van der Waals surface area contributed by atoms with E-state index in [1.165, 1.54) is 5.56 Å². The molecule has 6 heteroatoms. The van der Waals surface area contributed by atoms with E-state index in [0.717, 1.165) is 50.9 Å². The highest BCUT2D eigenvalue weighted by molar-refractivity contribution is 6.28. The van der Waals surface area contributed by atoms with Crippen LogP contribution in [0.4, 0.5) is 5.82 Å². The molecular weight excluding hydrogens is 300 g/mol. The van der Waals surface area contributed by atoms with Crippen molar-refractivity contribution in [2.45, 2.75) is 46.8 Å². The lowest BCUT2D eigenvalue weighted by Crippen LogP contribution is -2.44. The van der Waals surface area contributed by atoms with Crippen LogP contribution in [-0.2, 0) is 17.8 Å². The van der Waals surface area contributed by atoms with E-state index in [2.05, 4.69) is 47.5 Å². The predicted molar refractivity (Wildman–Crippen MR) is 88.2 cm³/mol. The molecule has 3 heterocycles. The van der Waals surface area contributed by atoms with E-state index in [0.29, 0.717) is 11.3 Å². The summed E-state index contributed by atoms with van der Waals surface area (Å²) >= 11 is 6.18. The standard InChI is InChI=1S/C16H25ClN4O/c1-11-9-22-6-5-21(11)14-12-7-20(10-16(2,3)4)8-13(12)18-15(17)19-14/h11H,5-10H2,1-4H3/t11-/m0/s1. The van der Waals surface area contributed by atoms with Gasteiger partial charge in [-0.2, -0.15) is 0 Å². The van der Waals surface area contributed by atoms with Crippen molar-refractivity contribution in [3.63, 3.8) is 0 Å². The molecule has 1 aromatic heterocycles. The first-order chi connectivity index (χ1) is 10.3. The molecule has 22 heavy (non-hydrogen) atoms. The van der Waals surface area contributed by atoms with E-state index in [9.17, 15) is 0 Å². The fourth-order valence-corrected chi connectivity index (χ4v) is 3.52. The number of hydrogen-bond donors (Lipinski definition) is 0. The zero-order chi connectivity index (χ0) is 15.9. The summed E-state index contributed by atoms with van der Waals surface area (Å²) < 4.78 is 5.54. The van der Waals surface area contributed by atoms with Crippen LogP contribution >= 0.6 is 11.6 Å². The molecule has 1 aromatic rings. The van der Waals surface area contributed by atoms with Gasteiger partial charge in [0.25, 0.3) is 0 Å². The summed E-state index contributed by atoms with van der Waals surface area (Å²) in [6, 6.07) is 0.320. The van der Waals surface area contributed by atoms with Crippen LogP contribution in [0.1, 0.15) is 39.0 Å². The topological polar surface area (TPSA) is 41.5 Å². The lowest BCUT2D eigenvalue weighted by atomic mass is 9.96. The van der Waals surface area contributed by atoms with Crippen LogP contribution in [0.2, 0.25) is 5.28 Å². The molecule has 1 fully saturated rings. The Morgan fingerprint density at radius 2 is 2.05 bits per heavy atom. The fourth-order valence-electron chi connectivity index (χ4n) is 3.33. The quantitative estimate of drug-likeness (QED) is 0.782. The molecule has 2 aliphatic heterocycles. The number of ether oxygens (including phenoxy) is 1. The Labute approximate surface area is 137 Å². The van der Waals surface area contributed by atoms with Crippen LogP contribution in [0.25, 0.3) is 0 Å². The molecule has 3 rings (SSSR count). The monoisotopic (exact) mass is 324 g/mol. The summed E-state index contributed by atoms with van der Waals surface area (Å²) in [5.74, 6) is 1.00. The average molecular weight is 325 g/mol. The highest BCUT2D eigenvalue weighted by Gasteiger charge is 2.31. The van der Waals surface area contributed by atoms with Gasteiger partial charge in [0.05, 0.1) is 24.9 Å². The van der Waals surface area contributed by atoms with Crippen molar-refractivity contribution in [2.24, 2.45) is 5.41 Å². The third-order valence-corrected chi connectivity index (χ3v) is 4.31. The molecule has 0 radical (unpaired) electrons. The van der Waals surface area contributed by atoms with Crippen LogP contribution in [0.5, 0.6) is 0 Å². The number of morpholine rings is 1. The molecule has 122 valence electrons. The van der Waals surface area contributed by atoms with Gasteiger partial charge >= 0.3 is 0 Å². The SMILES string of the molecule is C[C@H]1COCCN1c1nc(Cl)nc2c1CN(CC(C)(C)C)C2. The molecule has 0 aromatic carbocycles. The van der Waals surface area contributed by atoms with E-state index in [4.69, 9.17) is 16.3 Å². The molecule has 2 aliphatic rings. The van der Waals surface area contributed by atoms with Gasteiger partial charge in [0, 0.05) is 31.7 Å². The molecule has 0 spiro atoms. The minimum atomic E-state index is 0.270. The lowest BCUT2D eigenvalue weighted by molar-refractivity contribution is 0.0983. The summed E-state index contributed by atoms with van der Waals surface area (Å²) in [5.41, 5.74) is 2.59. The van der Waals surface area contributed by atoms with Crippen molar-refractivity contribution in [3.05, 3.63) is 16.5 Å². The number of halogens is 1. The first kappa shape index (κ1) is 16.0. The largest absolute Gasteiger partial charge is 0.377 e. The highest BCUT2D eigenvalue weighted by atomic mass is 35.5. The smallest absolute Gasteiger partial charge is 0.224 e. The first-order valence-corrected chi connectivity index (χ1v) is 8.33. The molecule has 0 unspecified atom stereocenters. The Hall–Kier alpha value is -0.910. The predicted octanol–water partition coefficient (Wildman–Crippen LogP) is 2.72. The van der Waals surface area contributed by atoms with E-state index in [1.54, 1.807) is 0 Å². The van der Waals surface area contributed by atoms with Gasteiger partial charge < -0.3 is 9.64 Å². The van der Waals surface area contributed by atoms with Crippen LogP contribution in [-0.4, -0.2) is 47.2 Å². The van der Waals surface area contributed by atoms with Crippen molar-refractivity contribution >= 4 is 17.4 Å². The third kappa shape index (κ3) is 3.36. The van der Waals surface area contributed by atoms with Gasteiger partial charge in [-0.25, -0.2) is 9.97 Å². The van der Waals surface area contributed by atoms with Crippen LogP contribution in [0, 0.1) is 5.41 Å². The van der Waals surface area contributed by atoms with Gasteiger partial charge in [-0.15, -0.1) is 0 Å². The number of fused-ring (bicyclic) bond motifs is 1. The van der Waals surface area contributed by atoms with Crippen LogP contribution in [0.15, 0.2) is 0 Å². The van der Waals surface area contributed by atoms with Gasteiger partial charge in [-0.05, 0) is 23.9 Å². The van der Waals surface area contributed by atoms with Crippen molar-refractivity contribution in [2.75, 3.05) is 31.2 Å². The summed E-state index contributed by atoms with van der Waals surface area (Å²) in [5, 5.41) is 0.352. The molecule has 0 N–H and O–H groups in total. The Morgan fingerprint density at radius 1 is 1.27 bits per heavy atom. The second-order valence-corrected chi connectivity index (χ2v) is 7.90. The molecular formula is C16H25ClN4O. The Balaban J connectivity index is 1.88. The van der Waals surface area contributed by atoms with E-state index in [1.807, 2.05) is 0 Å². The maximum Gasteiger partial charge on any atom is 0.224 e. The summed E-state index contributed by atoms with van der Waals surface area (Å²) in [6.07, 6.45) is 0. The number of hydrogen-bond acceptors (Lipinski definition) is 5. The van der Waals surface area contributed by atoms with Crippen molar-refractivity contribution < 1.29 is 4.74 Å². The molecule has 0 bridgehead atoms. The zero-order valence-corrected chi connectivity index (χ0v) is 14.7. The molecule has 0 amide bonds. The number of aromatic nitrogens is 2. The Morgan fingerprint density at radius 3 is 2.73 bits per heavy atom. The number of anilines is 1. The first-order valence-electron chi connectivity index (χ1n) is 7.95. The minimum absolute atomic E-state index is 0.270. The maximum atomic E-state index is 6.18. The average Bonchev–Trinajstić information content (AvgIpc) is 2.78. The van der Waals surface area contributed by atoms with E-state index in [-0.39, 0.29) is 5.41 Å². The fraction of sp³-hybridized carbons (Fsp3) is 0.750. The molecule has 1 saturated heterocycles.